The molecule has 0 bridgehead atoms. The Morgan fingerprint density at radius 1 is 0.208 bits per heavy atom. The molecule has 2 unspecified atom stereocenters. The minimum Gasteiger partial charge on any atom is -0.103 e. The topological polar surface area (TPSA) is 0 Å². The van der Waals surface area contributed by atoms with Gasteiger partial charge >= 0.3 is 0 Å². The average Bonchev–Trinajstić information content (AvgIpc) is 0.968. The van der Waals surface area contributed by atoms with Crippen LogP contribution >= 0.6 is 0 Å². The van der Waals surface area contributed by atoms with E-state index in [1.807, 2.05) is 12.2 Å². The van der Waals surface area contributed by atoms with Gasteiger partial charge in [-0.25, -0.2) is 0 Å². The number of rotatable bonds is 63. The molecule has 120 heavy (non-hydrogen) atoms. The van der Waals surface area contributed by atoms with Crippen molar-refractivity contribution in [3.8, 4) is 0 Å². The van der Waals surface area contributed by atoms with Crippen LogP contribution in [0, 0.1) is 11.8 Å². The van der Waals surface area contributed by atoms with Gasteiger partial charge in [-0.2, -0.15) is 0 Å². The Morgan fingerprint density at radius 3 is 0.717 bits per heavy atom. The predicted molar refractivity (Wildman–Crippen MR) is 560 cm³/mol. The molecule has 0 aliphatic rings. The maximum atomic E-state index is 4.25. The molecule has 0 aliphatic carbocycles. The largest absolute Gasteiger partial charge is 0.103 e. The molecule has 0 aromatic rings. The third-order valence-corrected chi connectivity index (χ3v) is 21.1. The van der Waals surface area contributed by atoms with Gasteiger partial charge < -0.3 is 0 Å². The van der Waals surface area contributed by atoms with Crippen molar-refractivity contribution in [2.24, 2.45) is 11.8 Å². The second kappa shape index (κ2) is 82.7. The highest BCUT2D eigenvalue weighted by Gasteiger charge is 2.06. The smallest absolute Gasteiger partial charge is 0.0161 e. The first kappa shape index (κ1) is 119. The van der Waals surface area contributed by atoms with Crippen LogP contribution in [-0.2, 0) is 0 Å². The minimum atomic E-state index is 0.545. The summed E-state index contributed by atoms with van der Waals surface area (Å²) in [6, 6.07) is 0. The zero-order chi connectivity index (χ0) is 91.1. The van der Waals surface area contributed by atoms with Crippen LogP contribution < -0.4 is 0 Å². The monoisotopic (exact) mass is 1630 g/mol. The standard InChI is InChI=1S/4C30H48/c1-25(2)15-11-19-29(7)23-13-21-27(5)17-9-10-18-28(6)22-14-24-30(8)20-12-16-26(3)4;2*1-9-30(23-13-21-28(7)18-11-16-26(4)5)24-14-22-29(8)20-12-19-27(6)17-10-15-25(2)3;1-9-29(21-13-19-27(7)17-11-15-25(3)4)23-24-30(10-2)22-14-20-28(8)18-12-16-26(5)6/h9,15-17,23-24H,5-6,10-14,18-22H2,1-4,7-8H3;9,15-16,19,21-22,24H,1,10-14,17-18,20,23H2,2-8H3;9,14-16,19,21-22,30H,1,8,10-13,17-18,20,23-24H2,2-7H3;9-10,15-16,19-20,23,30H,1-2,11-14,17-18,21-22,24H2,3-8H3/b17-9+,29-23+,30-24+;27-19+,28-21+,29-22+,30-24+;22-14+,27-19+,28-21+;27-19+,28-20+,29-23+. The summed E-state index contributed by atoms with van der Waals surface area (Å²) < 4.78 is 0. The molecule has 0 aromatic heterocycles. The van der Waals surface area contributed by atoms with Gasteiger partial charge in [-0.05, 0) is 422 Å². The van der Waals surface area contributed by atoms with Crippen molar-refractivity contribution in [1.82, 2.24) is 0 Å². The van der Waals surface area contributed by atoms with Gasteiger partial charge in [0, 0.05) is 0 Å². The molecule has 0 saturated carbocycles. The van der Waals surface area contributed by atoms with Crippen molar-refractivity contribution in [2.75, 3.05) is 0 Å². The normalized spacial score (nSPS) is 13.1. The molecular formula is C120H192. The highest BCUT2D eigenvalue weighted by atomic mass is 14.1. The SMILES string of the molecule is C=C(/C=C/CCC(=C)CC/C=C(\C)CCC=C(C)C)CC/C=C(\C)CCC=C(C)C.C=C/C(=C\C/C=C(\C)CC/C=C(\C)CCC=C(C)C)CC/C=C(\C)CCC=C(C)C.C=C/C(=C\CC(C=C)CC/C=C(\C)CCC=C(C)C)CC/C=C(\C)CCC=C(C)C.C=CC(C/C=C/C(=C)CC/C=C(\C)CCC=C(C)C)CC/C=C(\C)CCC=C(C)C. The van der Waals surface area contributed by atoms with E-state index in [0.29, 0.717) is 11.8 Å². The summed E-state index contributed by atoms with van der Waals surface area (Å²) in [6.07, 6.45) is 104. The fourth-order valence-electron chi connectivity index (χ4n) is 13.0. The third-order valence-electron chi connectivity index (χ3n) is 21.1. The van der Waals surface area contributed by atoms with Crippen LogP contribution in [0.5, 0.6) is 0 Å². The molecule has 0 radical (unpaired) electrons. The summed E-state index contributed by atoms with van der Waals surface area (Å²) in [5.41, 5.74) is 31.3. The Bertz CT molecular complexity index is 3530. The first-order chi connectivity index (χ1) is 57.0. The zero-order valence-corrected chi connectivity index (χ0v) is 83.9. The van der Waals surface area contributed by atoms with E-state index < -0.39 is 0 Å². The van der Waals surface area contributed by atoms with Crippen molar-refractivity contribution in [2.45, 2.75) is 411 Å². The van der Waals surface area contributed by atoms with E-state index in [1.54, 1.807) is 0 Å². The van der Waals surface area contributed by atoms with Gasteiger partial charge in [-0.1, -0.05) is 320 Å². The molecule has 0 aromatic carbocycles. The van der Waals surface area contributed by atoms with Crippen LogP contribution in [0.25, 0.3) is 0 Å². The Kier molecular flexibility index (Phi) is 82.0. The summed E-state index contributed by atoms with van der Waals surface area (Å²) in [5.74, 6) is 1.09. The highest BCUT2D eigenvalue weighted by Crippen LogP contribution is 2.24. The third kappa shape index (κ3) is 91.5. The van der Waals surface area contributed by atoms with Crippen LogP contribution in [0.3, 0.4) is 0 Å². The molecule has 0 spiro atoms. The Balaban J connectivity index is -0.000000748. The Hall–Kier alpha value is -7.28. The van der Waals surface area contributed by atoms with Crippen molar-refractivity contribution in [3.63, 3.8) is 0 Å². The van der Waals surface area contributed by atoms with Crippen molar-refractivity contribution >= 4 is 0 Å². The Morgan fingerprint density at radius 2 is 0.433 bits per heavy atom. The number of hydrogen-bond acceptors (Lipinski definition) is 0. The fourth-order valence-corrected chi connectivity index (χ4v) is 13.0. The van der Waals surface area contributed by atoms with E-state index >= 15 is 0 Å². The summed E-state index contributed by atoms with van der Waals surface area (Å²) in [6.45, 7) is 83.7. The lowest BCUT2D eigenvalue weighted by Crippen LogP contribution is -1.95. The maximum Gasteiger partial charge on any atom is -0.0161 e. The van der Waals surface area contributed by atoms with E-state index in [1.165, 1.54) is 180 Å². The second-order valence-electron chi connectivity index (χ2n) is 36.5. The molecule has 0 nitrogen and oxygen atoms in total. The second-order valence-corrected chi connectivity index (χ2v) is 36.5. The van der Waals surface area contributed by atoms with E-state index in [-0.39, 0.29) is 0 Å². The average molecular weight is 1630 g/mol. The van der Waals surface area contributed by atoms with Crippen LogP contribution in [0.4, 0.5) is 0 Å². The van der Waals surface area contributed by atoms with Gasteiger partial charge in [0.2, 0.25) is 0 Å². The quantitative estimate of drug-likeness (QED) is 0.0421. The summed E-state index contributed by atoms with van der Waals surface area (Å²) >= 11 is 0. The van der Waals surface area contributed by atoms with Crippen LogP contribution in [0.2, 0.25) is 0 Å². The van der Waals surface area contributed by atoms with Gasteiger partial charge in [0.1, 0.15) is 0 Å². The number of allylic oxidation sites excluding steroid dienone is 49. The molecule has 2 atom stereocenters. The molecular weight excluding hydrogens is 1440 g/mol. The van der Waals surface area contributed by atoms with Crippen LogP contribution in [-0.4, -0.2) is 0 Å². The van der Waals surface area contributed by atoms with E-state index in [9.17, 15) is 0 Å². The zero-order valence-electron chi connectivity index (χ0n) is 83.9. The Labute approximate surface area is 750 Å². The van der Waals surface area contributed by atoms with Crippen LogP contribution in [0.1, 0.15) is 411 Å². The van der Waals surface area contributed by atoms with Gasteiger partial charge in [0.15, 0.2) is 0 Å². The van der Waals surface area contributed by atoms with Gasteiger partial charge in [-0.15, -0.1) is 13.2 Å². The summed E-state index contributed by atoms with van der Waals surface area (Å²) in [5, 5.41) is 0. The van der Waals surface area contributed by atoms with Gasteiger partial charge in [-0.3, -0.25) is 0 Å². The molecule has 0 heterocycles. The molecule has 672 valence electrons. The first-order valence-corrected chi connectivity index (χ1v) is 47.2. The van der Waals surface area contributed by atoms with Crippen molar-refractivity contribution in [1.29, 1.82) is 0 Å². The van der Waals surface area contributed by atoms with E-state index in [4.69, 9.17) is 0 Å². The molecule has 0 saturated heterocycles. The lowest BCUT2D eigenvalue weighted by Gasteiger charge is -2.10. The lowest BCUT2D eigenvalue weighted by molar-refractivity contribution is 0.604. The highest BCUT2D eigenvalue weighted by molar-refractivity contribution is 5.22. The lowest BCUT2D eigenvalue weighted by atomic mass is 9.96. The summed E-state index contributed by atoms with van der Waals surface area (Å²) in [4.78, 5) is 0. The van der Waals surface area contributed by atoms with Crippen molar-refractivity contribution < 1.29 is 0 Å². The molecule has 0 aliphatic heterocycles. The molecule has 0 heteroatoms. The fraction of sp³-hybridized carbons (Fsp3) is 0.533. The van der Waals surface area contributed by atoms with Crippen molar-refractivity contribution in [3.05, 3.63) is 333 Å². The molecule has 0 rings (SSSR count). The summed E-state index contributed by atoms with van der Waals surface area (Å²) in [7, 11) is 0. The molecule has 0 fully saturated rings. The van der Waals surface area contributed by atoms with E-state index in [0.717, 1.165) is 180 Å². The minimum absolute atomic E-state index is 0.545. The van der Waals surface area contributed by atoms with Gasteiger partial charge in [0.25, 0.3) is 0 Å². The van der Waals surface area contributed by atoms with Crippen LogP contribution in [0.15, 0.2) is 333 Å². The van der Waals surface area contributed by atoms with E-state index in [2.05, 4.69) is 371 Å². The van der Waals surface area contributed by atoms with Gasteiger partial charge in [0.05, 0.1) is 0 Å². The molecule has 0 N–H and O–H groups in total. The maximum absolute atomic E-state index is 4.25. The number of hydrogen-bond donors (Lipinski definition) is 0. The first-order valence-electron chi connectivity index (χ1n) is 47.2. The predicted octanol–water partition coefficient (Wildman–Crippen LogP) is 41.2. The molecule has 0 amide bonds.